The second kappa shape index (κ2) is 2.46. The van der Waals surface area contributed by atoms with Crippen molar-refractivity contribution in [1.29, 1.82) is 0 Å². The largest absolute Gasteiger partial charge is 0.355 e. The van der Waals surface area contributed by atoms with Gasteiger partial charge in [0.1, 0.15) is 0 Å². The molecule has 0 fully saturated rings. The zero-order valence-corrected chi connectivity index (χ0v) is 6.62. The first-order chi connectivity index (χ1) is 4.66. The smallest absolute Gasteiger partial charge is 0.167 e. The second-order valence-corrected chi connectivity index (χ2v) is 2.60. The van der Waals surface area contributed by atoms with Gasteiger partial charge in [-0.25, -0.2) is 0 Å². The SMILES string of the molecule is Cc1[nH]c(C=O)c(Cl)c1C. The highest BCUT2D eigenvalue weighted by atomic mass is 35.5. The molecular formula is C7H8ClNO. The summed E-state index contributed by atoms with van der Waals surface area (Å²) in [6.45, 7) is 3.76. The van der Waals surface area contributed by atoms with Gasteiger partial charge in [0.2, 0.25) is 0 Å². The highest BCUT2D eigenvalue weighted by Crippen LogP contribution is 2.21. The van der Waals surface area contributed by atoms with Crippen molar-refractivity contribution in [2.24, 2.45) is 0 Å². The van der Waals surface area contributed by atoms with Gasteiger partial charge in [-0.2, -0.15) is 0 Å². The van der Waals surface area contributed by atoms with Crippen LogP contribution in [0.5, 0.6) is 0 Å². The molecule has 1 aromatic rings. The topological polar surface area (TPSA) is 32.9 Å². The molecule has 0 amide bonds. The molecule has 0 unspecified atom stereocenters. The summed E-state index contributed by atoms with van der Waals surface area (Å²) in [6, 6.07) is 0. The fraction of sp³-hybridized carbons (Fsp3) is 0.286. The number of hydrogen-bond donors (Lipinski definition) is 1. The third-order valence-electron chi connectivity index (χ3n) is 1.57. The first-order valence-electron chi connectivity index (χ1n) is 2.96. The zero-order chi connectivity index (χ0) is 7.72. The van der Waals surface area contributed by atoms with Crippen LogP contribution in [0.2, 0.25) is 5.02 Å². The average Bonchev–Trinajstić information content (AvgIpc) is 2.17. The summed E-state index contributed by atoms with van der Waals surface area (Å²) in [5.41, 5.74) is 2.37. The molecule has 0 spiro atoms. The van der Waals surface area contributed by atoms with E-state index in [-0.39, 0.29) is 0 Å². The van der Waals surface area contributed by atoms with Crippen LogP contribution in [0.3, 0.4) is 0 Å². The highest BCUT2D eigenvalue weighted by Gasteiger charge is 2.06. The predicted molar refractivity (Wildman–Crippen MR) is 40.7 cm³/mol. The van der Waals surface area contributed by atoms with Crippen molar-refractivity contribution in [2.45, 2.75) is 13.8 Å². The summed E-state index contributed by atoms with van der Waals surface area (Å²) < 4.78 is 0. The molecule has 1 rings (SSSR count). The lowest BCUT2D eigenvalue weighted by atomic mass is 10.3. The number of aromatic amines is 1. The van der Waals surface area contributed by atoms with E-state index in [9.17, 15) is 4.79 Å². The molecule has 1 aromatic heterocycles. The van der Waals surface area contributed by atoms with E-state index in [2.05, 4.69) is 4.98 Å². The van der Waals surface area contributed by atoms with Crippen molar-refractivity contribution in [3.8, 4) is 0 Å². The number of aromatic nitrogens is 1. The van der Waals surface area contributed by atoms with Gasteiger partial charge in [-0.1, -0.05) is 11.6 Å². The van der Waals surface area contributed by atoms with E-state index in [4.69, 9.17) is 11.6 Å². The van der Waals surface area contributed by atoms with E-state index < -0.39 is 0 Å². The van der Waals surface area contributed by atoms with Crippen molar-refractivity contribution in [1.82, 2.24) is 4.98 Å². The monoisotopic (exact) mass is 157 g/mol. The van der Waals surface area contributed by atoms with Crippen molar-refractivity contribution in [3.05, 3.63) is 22.0 Å². The van der Waals surface area contributed by atoms with Crippen LogP contribution in [0.1, 0.15) is 21.7 Å². The number of carbonyl (C=O) groups is 1. The third kappa shape index (κ3) is 0.948. The molecule has 0 aromatic carbocycles. The summed E-state index contributed by atoms with van der Waals surface area (Å²) in [5.74, 6) is 0. The van der Waals surface area contributed by atoms with Crippen molar-refractivity contribution < 1.29 is 4.79 Å². The van der Waals surface area contributed by atoms with Gasteiger partial charge in [-0.3, -0.25) is 4.79 Å². The Balaban J connectivity index is 3.30. The van der Waals surface area contributed by atoms with E-state index in [1.165, 1.54) is 0 Å². The Bertz CT molecular complexity index is 265. The Kier molecular flexibility index (Phi) is 1.81. The zero-order valence-electron chi connectivity index (χ0n) is 5.86. The van der Waals surface area contributed by atoms with Gasteiger partial charge in [-0.05, 0) is 19.4 Å². The van der Waals surface area contributed by atoms with Gasteiger partial charge in [-0.15, -0.1) is 0 Å². The van der Waals surface area contributed by atoms with Crippen LogP contribution in [0, 0.1) is 13.8 Å². The van der Waals surface area contributed by atoms with Crippen LogP contribution in [-0.4, -0.2) is 11.3 Å². The lowest BCUT2D eigenvalue weighted by Gasteiger charge is -1.85. The first-order valence-corrected chi connectivity index (χ1v) is 3.34. The lowest BCUT2D eigenvalue weighted by Crippen LogP contribution is -1.78. The third-order valence-corrected chi connectivity index (χ3v) is 2.06. The quantitative estimate of drug-likeness (QED) is 0.623. The van der Waals surface area contributed by atoms with E-state index in [1.54, 1.807) is 0 Å². The summed E-state index contributed by atoms with van der Waals surface area (Å²) in [7, 11) is 0. The number of aldehydes is 1. The number of halogens is 1. The summed E-state index contributed by atoms with van der Waals surface area (Å²) in [6.07, 6.45) is 0.725. The highest BCUT2D eigenvalue weighted by molar-refractivity contribution is 6.33. The molecular weight excluding hydrogens is 150 g/mol. The van der Waals surface area contributed by atoms with E-state index >= 15 is 0 Å². The van der Waals surface area contributed by atoms with Crippen molar-refractivity contribution in [2.75, 3.05) is 0 Å². The Labute approximate surface area is 64.2 Å². The average molecular weight is 158 g/mol. The molecule has 0 aliphatic heterocycles. The van der Waals surface area contributed by atoms with Gasteiger partial charge in [0.15, 0.2) is 6.29 Å². The van der Waals surface area contributed by atoms with Crippen LogP contribution >= 0.6 is 11.6 Å². The van der Waals surface area contributed by atoms with Crippen molar-refractivity contribution in [3.63, 3.8) is 0 Å². The maximum absolute atomic E-state index is 10.3. The van der Waals surface area contributed by atoms with Crippen LogP contribution in [0.25, 0.3) is 0 Å². The number of aryl methyl sites for hydroxylation is 1. The van der Waals surface area contributed by atoms with Gasteiger partial charge in [0, 0.05) is 5.69 Å². The fourth-order valence-corrected chi connectivity index (χ4v) is 1.03. The van der Waals surface area contributed by atoms with E-state index in [0.717, 1.165) is 17.5 Å². The Morgan fingerprint density at radius 2 is 2.10 bits per heavy atom. The minimum atomic E-state index is 0.469. The molecule has 0 radical (unpaired) electrons. The van der Waals surface area contributed by atoms with Gasteiger partial charge >= 0.3 is 0 Å². The van der Waals surface area contributed by atoms with Crippen LogP contribution in [-0.2, 0) is 0 Å². The Morgan fingerprint density at radius 3 is 2.30 bits per heavy atom. The molecule has 3 heteroatoms. The molecule has 0 saturated heterocycles. The number of H-pyrrole nitrogens is 1. The molecule has 0 aliphatic rings. The fourth-order valence-electron chi connectivity index (χ4n) is 0.798. The lowest BCUT2D eigenvalue weighted by molar-refractivity contribution is 0.111. The van der Waals surface area contributed by atoms with Crippen LogP contribution in [0.15, 0.2) is 0 Å². The van der Waals surface area contributed by atoms with E-state index in [1.807, 2.05) is 13.8 Å². The summed E-state index contributed by atoms with van der Waals surface area (Å²) in [5, 5.41) is 0.535. The maximum atomic E-state index is 10.3. The van der Waals surface area contributed by atoms with E-state index in [0.29, 0.717) is 10.7 Å². The summed E-state index contributed by atoms with van der Waals surface area (Å²) in [4.78, 5) is 13.1. The van der Waals surface area contributed by atoms with Gasteiger partial charge in [0.05, 0.1) is 10.7 Å². The minimum absolute atomic E-state index is 0.469. The minimum Gasteiger partial charge on any atom is -0.355 e. The molecule has 0 bridgehead atoms. The van der Waals surface area contributed by atoms with Gasteiger partial charge in [0.25, 0.3) is 0 Å². The number of carbonyl (C=O) groups excluding carboxylic acids is 1. The maximum Gasteiger partial charge on any atom is 0.167 e. The Morgan fingerprint density at radius 1 is 1.50 bits per heavy atom. The molecule has 0 atom stereocenters. The van der Waals surface area contributed by atoms with Crippen LogP contribution in [0.4, 0.5) is 0 Å². The molecule has 1 heterocycles. The predicted octanol–water partition coefficient (Wildman–Crippen LogP) is 2.10. The Hall–Kier alpha value is -0.760. The molecule has 0 aliphatic carbocycles. The second-order valence-electron chi connectivity index (χ2n) is 2.22. The number of nitrogens with one attached hydrogen (secondary N) is 1. The van der Waals surface area contributed by atoms with Crippen molar-refractivity contribution >= 4 is 17.9 Å². The molecule has 2 nitrogen and oxygen atoms in total. The molecule has 0 saturated carbocycles. The number of hydrogen-bond acceptors (Lipinski definition) is 1. The number of rotatable bonds is 1. The molecule has 10 heavy (non-hydrogen) atoms. The van der Waals surface area contributed by atoms with Gasteiger partial charge < -0.3 is 4.98 Å². The molecule has 1 N–H and O–H groups in total. The van der Waals surface area contributed by atoms with Crippen LogP contribution < -0.4 is 0 Å². The standard InChI is InChI=1S/C7H8ClNO/c1-4-5(2)9-6(3-10)7(4)8/h3,9H,1-2H3. The molecule has 54 valence electrons. The summed E-state index contributed by atoms with van der Waals surface area (Å²) >= 11 is 5.75. The first kappa shape index (κ1) is 7.35. The normalized spacial score (nSPS) is 9.90.